The van der Waals surface area contributed by atoms with Gasteiger partial charge in [0.1, 0.15) is 13.2 Å². The first-order valence-corrected chi connectivity index (χ1v) is 8.62. The molecule has 0 aromatic carbocycles. The molecule has 0 rings (SSSR count). The van der Waals surface area contributed by atoms with Crippen molar-refractivity contribution in [3.63, 3.8) is 0 Å². The average Bonchev–Trinajstić information content (AvgIpc) is 2.57. The topological polar surface area (TPSA) is 138 Å². The van der Waals surface area contributed by atoms with Gasteiger partial charge in [0.25, 0.3) is 0 Å². The lowest BCUT2D eigenvalue weighted by atomic mass is 10.4. The normalized spacial score (nSPS) is 10.5. The van der Waals surface area contributed by atoms with E-state index in [-0.39, 0.29) is 25.0 Å². The number of nitrogens with two attached hydrogens (primary N) is 1. The molecular formula is C16H31N3O7. The van der Waals surface area contributed by atoms with Crippen LogP contribution < -0.4 is 16.4 Å². The van der Waals surface area contributed by atoms with Crippen LogP contribution in [0.15, 0.2) is 0 Å². The van der Waals surface area contributed by atoms with Crippen molar-refractivity contribution in [1.29, 1.82) is 0 Å². The Bertz CT molecular complexity index is 394. The van der Waals surface area contributed by atoms with Crippen molar-refractivity contribution in [2.24, 2.45) is 5.73 Å². The molecule has 0 fully saturated rings. The van der Waals surface area contributed by atoms with E-state index < -0.39 is 5.91 Å². The van der Waals surface area contributed by atoms with E-state index in [1.807, 2.05) is 0 Å². The van der Waals surface area contributed by atoms with Gasteiger partial charge in [-0.2, -0.15) is 0 Å². The van der Waals surface area contributed by atoms with Crippen LogP contribution in [0, 0.1) is 0 Å². The second kappa shape index (κ2) is 18.1. The van der Waals surface area contributed by atoms with Gasteiger partial charge < -0.3 is 35.3 Å². The Labute approximate surface area is 154 Å². The molecule has 0 atom stereocenters. The second-order valence-electron chi connectivity index (χ2n) is 5.34. The standard InChI is InChI=1S/C16H31N3O7/c1-14(20)18-4-2-6-23-8-10-25-11-9-24-7-3-5-19-16(22)13-26-12-15(17)21/h2-13H2,1H3,(H2,17,21)(H,18,20)(H,19,22). The van der Waals surface area contributed by atoms with E-state index in [1.165, 1.54) is 6.92 Å². The van der Waals surface area contributed by atoms with Crippen molar-refractivity contribution in [1.82, 2.24) is 10.6 Å². The first-order valence-electron chi connectivity index (χ1n) is 8.62. The molecule has 0 saturated heterocycles. The first-order chi connectivity index (χ1) is 12.5. The highest BCUT2D eigenvalue weighted by molar-refractivity contribution is 5.78. The molecule has 0 radical (unpaired) electrons. The van der Waals surface area contributed by atoms with E-state index in [1.54, 1.807) is 0 Å². The van der Waals surface area contributed by atoms with Crippen molar-refractivity contribution in [2.45, 2.75) is 19.8 Å². The van der Waals surface area contributed by atoms with Gasteiger partial charge in [-0.1, -0.05) is 0 Å². The van der Waals surface area contributed by atoms with Gasteiger partial charge in [-0.05, 0) is 12.8 Å². The highest BCUT2D eigenvalue weighted by Crippen LogP contribution is 1.86. The number of carbonyl (C=O) groups is 3. The van der Waals surface area contributed by atoms with Gasteiger partial charge in [0.2, 0.25) is 17.7 Å². The number of hydrogen-bond donors (Lipinski definition) is 3. The fraction of sp³-hybridized carbons (Fsp3) is 0.812. The number of hydrogen-bond acceptors (Lipinski definition) is 7. The van der Waals surface area contributed by atoms with Crippen molar-refractivity contribution >= 4 is 17.7 Å². The van der Waals surface area contributed by atoms with Crippen molar-refractivity contribution in [3.8, 4) is 0 Å². The summed E-state index contributed by atoms with van der Waals surface area (Å²) in [6, 6.07) is 0. The summed E-state index contributed by atoms with van der Waals surface area (Å²) in [5.74, 6) is -0.946. The van der Waals surface area contributed by atoms with Crippen LogP contribution in [0.1, 0.15) is 19.8 Å². The molecule has 10 nitrogen and oxygen atoms in total. The average molecular weight is 377 g/mol. The van der Waals surface area contributed by atoms with Gasteiger partial charge in [-0.25, -0.2) is 0 Å². The molecule has 3 amide bonds. The number of carbonyl (C=O) groups excluding carboxylic acids is 3. The fourth-order valence-corrected chi connectivity index (χ4v) is 1.68. The third kappa shape index (κ3) is 20.3. The maximum absolute atomic E-state index is 11.3. The number of primary amides is 1. The first kappa shape index (κ1) is 24.2. The van der Waals surface area contributed by atoms with E-state index >= 15 is 0 Å². The molecule has 0 saturated carbocycles. The minimum Gasteiger partial charge on any atom is -0.379 e. The summed E-state index contributed by atoms with van der Waals surface area (Å²) in [5, 5.41) is 5.33. The summed E-state index contributed by atoms with van der Waals surface area (Å²) in [7, 11) is 0. The molecule has 0 aliphatic rings. The second-order valence-corrected chi connectivity index (χ2v) is 5.34. The quantitative estimate of drug-likeness (QED) is 0.249. The Morgan fingerprint density at radius 2 is 1.23 bits per heavy atom. The summed E-state index contributed by atoms with van der Waals surface area (Å²) in [6.07, 6.45) is 1.44. The predicted octanol–water partition coefficient (Wildman–Crippen LogP) is -1.43. The fourth-order valence-electron chi connectivity index (χ4n) is 1.68. The van der Waals surface area contributed by atoms with E-state index in [2.05, 4.69) is 10.6 Å². The van der Waals surface area contributed by atoms with Crippen LogP contribution >= 0.6 is 0 Å². The molecule has 0 aromatic heterocycles. The number of amides is 3. The molecule has 152 valence electrons. The molecular weight excluding hydrogens is 346 g/mol. The van der Waals surface area contributed by atoms with E-state index in [4.69, 9.17) is 24.7 Å². The van der Waals surface area contributed by atoms with Crippen molar-refractivity contribution in [3.05, 3.63) is 0 Å². The van der Waals surface area contributed by atoms with E-state index in [9.17, 15) is 14.4 Å². The zero-order chi connectivity index (χ0) is 19.5. The zero-order valence-corrected chi connectivity index (χ0v) is 15.4. The Hall–Kier alpha value is -1.75. The van der Waals surface area contributed by atoms with Gasteiger partial charge in [0.05, 0.1) is 26.4 Å². The highest BCUT2D eigenvalue weighted by Gasteiger charge is 2.02. The van der Waals surface area contributed by atoms with Gasteiger partial charge in [-0.15, -0.1) is 0 Å². The minimum atomic E-state index is -0.609. The van der Waals surface area contributed by atoms with E-state index in [0.717, 1.165) is 6.42 Å². The van der Waals surface area contributed by atoms with E-state index in [0.29, 0.717) is 59.2 Å². The van der Waals surface area contributed by atoms with Gasteiger partial charge in [0.15, 0.2) is 0 Å². The molecule has 0 bridgehead atoms. The minimum absolute atomic E-state index is 0.0371. The third-order valence-electron chi connectivity index (χ3n) is 2.85. The Balaban J connectivity index is 3.14. The molecule has 0 spiro atoms. The van der Waals surface area contributed by atoms with Gasteiger partial charge in [0, 0.05) is 33.2 Å². The predicted molar refractivity (Wildman–Crippen MR) is 93.4 cm³/mol. The molecule has 4 N–H and O–H groups in total. The Kier molecular flexibility index (Phi) is 16.8. The van der Waals surface area contributed by atoms with Crippen LogP contribution in [-0.2, 0) is 33.3 Å². The maximum Gasteiger partial charge on any atom is 0.246 e. The van der Waals surface area contributed by atoms with Crippen LogP contribution in [-0.4, -0.2) is 83.7 Å². The molecule has 10 heteroatoms. The molecule has 0 heterocycles. The molecule has 26 heavy (non-hydrogen) atoms. The SMILES string of the molecule is CC(=O)NCCCOCCOCCOCCCNC(=O)COCC(N)=O. The van der Waals surface area contributed by atoms with Crippen LogP contribution in [0.4, 0.5) is 0 Å². The zero-order valence-electron chi connectivity index (χ0n) is 15.4. The summed E-state index contributed by atoms with van der Waals surface area (Å²) in [6.45, 7) is 5.14. The molecule has 0 aliphatic carbocycles. The van der Waals surface area contributed by atoms with Crippen molar-refractivity contribution in [2.75, 3.05) is 65.9 Å². The lowest BCUT2D eigenvalue weighted by molar-refractivity contribution is -0.129. The van der Waals surface area contributed by atoms with Crippen LogP contribution in [0.25, 0.3) is 0 Å². The smallest absolute Gasteiger partial charge is 0.246 e. The monoisotopic (exact) mass is 377 g/mol. The maximum atomic E-state index is 11.3. The van der Waals surface area contributed by atoms with Gasteiger partial charge in [-0.3, -0.25) is 14.4 Å². The highest BCUT2D eigenvalue weighted by atomic mass is 16.5. The number of ether oxygens (including phenoxy) is 4. The number of nitrogens with one attached hydrogen (secondary N) is 2. The molecule has 0 aliphatic heterocycles. The largest absolute Gasteiger partial charge is 0.379 e. The Morgan fingerprint density at radius 1 is 0.731 bits per heavy atom. The van der Waals surface area contributed by atoms with Crippen LogP contribution in [0.2, 0.25) is 0 Å². The molecule has 0 aromatic rings. The molecule has 0 unspecified atom stereocenters. The third-order valence-corrected chi connectivity index (χ3v) is 2.85. The lowest BCUT2D eigenvalue weighted by Gasteiger charge is -2.08. The van der Waals surface area contributed by atoms with Crippen molar-refractivity contribution < 1.29 is 33.3 Å². The summed E-state index contributed by atoms with van der Waals surface area (Å²) < 4.78 is 20.8. The number of rotatable bonds is 18. The summed E-state index contributed by atoms with van der Waals surface area (Å²) >= 11 is 0. The van der Waals surface area contributed by atoms with Gasteiger partial charge >= 0.3 is 0 Å². The van der Waals surface area contributed by atoms with Crippen LogP contribution in [0.3, 0.4) is 0 Å². The Morgan fingerprint density at radius 3 is 1.73 bits per heavy atom. The summed E-state index contributed by atoms with van der Waals surface area (Å²) in [4.78, 5) is 32.3. The van der Waals surface area contributed by atoms with Crippen LogP contribution in [0.5, 0.6) is 0 Å². The lowest BCUT2D eigenvalue weighted by Crippen LogP contribution is -2.30. The summed E-state index contributed by atoms with van der Waals surface area (Å²) in [5.41, 5.74) is 4.88.